The molecule has 0 radical (unpaired) electrons. The Morgan fingerprint density at radius 3 is 2.62 bits per heavy atom. The molecule has 0 rings (SSSR count). The van der Waals surface area contributed by atoms with Crippen molar-refractivity contribution in [2.24, 2.45) is 5.92 Å². The zero-order valence-corrected chi connectivity index (χ0v) is 5.89. The molecule has 0 N–H and O–H groups in total. The van der Waals surface area contributed by atoms with Gasteiger partial charge in [-0.3, -0.25) is 0 Å². The summed E-state index contributed by atoms with van der Waals surface area (Å²) in [6, 6.07) is 0. The van der Waals surface area contributed by atoms with Crippen LogP contribution >= 0.6 is 0 Å². The third-order valence-electron chi connectivity index (χ3n) is 1.13. The maximum atomic E-state index is 3.99. The second-order valence-corrected chi connectivity index (χ2v) is 1.94. The molecule has 1 atom stereocenters. The van der Waals surface area contributed by atoms with E-state index in [1.807, 2.05) is 19.4 Å². The first kappa shape index (κ1) is 7.45. The molecule has 0 heterocycles. The molecule has 0 bridgehead atoms. The Morgan fingerprint density at radius 1 is 1.62 bits per heavy atom. The quantitative estimate of drug-likeness (QED) is 0.377. The van der Waals surface area contributed by atoms with Crippen LogP contribution in [-0.4, -0.2) is 12.4 Å². The zero-order chi connectivity index (χ0) is 6.41. The van der Waals surface area contributed by atoms with E-state index in [1.54, 1.807) is 0 Å². The van der Waals surface area contributed by atoms with Crippen molar-refractivity contribution in [2.75, 3.05) is 0 Å². The van der Waals surface area contributed by atoms with Crippen LogP contribution in [-0.2, 0) is 0 Å². The Morgan fingerprint density at radius 2 is 2.25 bits per heavy atom. The predicted molar refractivity (Wildman–Crippen MR) is 39.4 cm³/mol. The number of nitrogens with zero attached hydrogens (tertiary/aromatic N) is 1. The molecule has 0 fully saturated rings. The Kier molecular flexibility index (Phi) is 4.29. The highest BCUT2D eigenvalue weighted by atomic mass is 14.5. The summed E-state index contributed by atoms with van der Waals surface area (Å²) in [4.78, 5) is 0. The minimum atomic E-state index is 0.631. The van der Waals surface area contributed by atoms with Crippen molar-refractivity contribution in [3.63, 3.8) is 0 Å². The lowest BCUT2D eigenvalue weighted by atomic mass is 10.1. The molecule has 0 aromatic heterocycles. The smallest absolute Gasteiger partial charge is 0.111 e. The van der Waals surface area contributed by atoms with Crippen LogP contribution in [0.5, 0.6) is 0 Å². The van der Waals surface area contributed by atoms with Gasteiger partial charge >= 0.3 is 0 Å². The van der Waals surface area contributed by atoms with Crippen molar-refractivity contribution in [3.05, 3.63) is 0 Å². The van der Waals surface area contributed by atoms with Gasteiger partial charge in [0.25, 0.3) is 12.4 Å². The maximum Gasteiger partial charge on any atom is 0.271 e. The average molecular weight is 112 g/mol. The van der Waals surface area contributed by atoms with E-state index < -0.39 is 0 Å². The van der Waals surface area contributed by atoms with E-state index in [-0.39, 0.29) is 0 Å². The van der Waals surface area contributed by atoms with Gasteiger partial charge in [-0.15, -0.1) is 4.67 Å². The molecular weight excluding hydrogens is 98.1 g/mol. The van der Waals surface area contributed by atoms with Gasteiger partial charge in [0.15, 0.2) is 0 Å². The van der Waals surface area contributed by atoms with Gasteiger partial charge in [0.1, 0.15) is 0 Å². The molecule has 0 saturated heterocycles. The van der Waals surface area contributed by atoms with Gasteiger partial charge in [-0.2, -0.15) is 0 Å². The fourth-order valence-electron chi connectivity index (χ4n) is 0.338. The van der Waals surface area contributed by atoms with Gasteiger partial charge in [-0.1, -0.05) is 13.8 Å². The Labute approximate surface area is 51.2 Å². The summed E-state index contributed by atoms with van der Waals surface area (Å²) in [6.45, 7) is 6.25. The van der Waals surface area contributed by atoms with Crippen LogP contribution in [0, 0.1) is 5.92 Å². The van der Waals surface area contributed by atoms with E-state index in [2.05, 4.69) is 18.5 Å². The topological polar surface area (TPSA) is 14.1 Å². The van der Waals surface area contributed by atoms with Crippen LogP contribution < -0.4 is 4.67 Å². The lowest BCUT2D eigenvalue weighted by molar-refractivity contribution is 0.754. The summed E-state index contributed by atoms with van der Waals surface area (Å²) in [6.07, 6.45) is 4.96. The van der Waals surface area contributed by atoms with Crippen LogP contribution in [0.15, 0.2) is 0 Å². The van der Waals surface area contributed by atoms with Crippen LogP contribution in [0.4, 0.5) is 0 Å². The molecular formula is C7H14N+. The first-order valence-electron chi connectivity index (χ1n) is 3.12. The summed E-state index contributed by atoms with van der Waals surface area (Å²) in [5.74, 6) is 0.631. The summed E-state index contributed by atoms with van der Waals surface area (Å²) in [5.41, 5.74) is 0. The van der Waals surface area contributed by atoms with Crippen molar-refractivity contribution < 1.29 is 0 Å². The third kappa shape index (κ3) is 3.63. The second kappa shape index (κ2) is 4.61. The molecule has 0 aliphatic heterocycles. The molecule has 0 aliphatic rings. The molecule has 0 amide bonds. The lowest BCUT2D eigenvalue weighted by Crippen LogP contribution is -1.94. The Bertz CT molecular complexity index is 99.0. The molecule has 8 heavy (non-hydrogen) atoms. The molecule has 46 valence electrons. The van der Waals surface area contributed by atoms with Crippen molar-refractivity contribution in [1.82, 2.24) is 4.67 Å². The second-order valence-electron chi connectivity index (χ2n) is 1.94. The SMILES string of the molecule is CC=[N+]=CC(C)CC. The number of rotatable bonds is 2. The van der Waals surface area contributed by atoms with E-state index in [1.165, 1.54) is 6.42 Å². The molecule has 1 unspecified atom stereocenters. The van der Waals surface area contributed by atoms with E-state index in [9.17, 15) is 0 Å². The number of hydrogen-bond acceptors (Lipinski definition) is 0. The summed E-state index contributed by atoms with van der Waals surface area (Å²) < 4.78 is 3.99. The van der Waals surface area contributed by atoms with E-state index >= 15 is 0 Å². The van der Waals surface area contributed by atoms with Crippen molar-refractivity contribution >= 4 is 12.4 Å². The molecule has 1 nitrogen and oxygen atoms in total. The average Bonchev–Trinajstić information content (AvgIpc) is 1.83. The van der Waals surface area contributed by atoms with Gasteiger partial charge in [0.05, 0.1) is 5.92 Å². The largest absolute Gasteiger partial charge is 0.271 e. The normalized spacial score (nSPS) is 11.9. The molecule has 0 aromatic carbocycles. The molecule has 0 aliphatic carbocycles. The van der Waals surface area contributed by atoms with E-state index in [4.69, 9.17) is 0 Å². The minimum absolute atomic E-state index is 0.631. The van der Waals surface area contributed by atoms with Crippen LogP contribution in [0.2, 0.25) is 0 Å². The van der Waals surface area contributed by atoms with Gasteiger partial charge in [0, 0.05) is 6.92 Å². The highest BCUT2D eigenvalue weighted by Gasteiger charge is 1.95. The highest BCUT2D eigenvalue weighted by molar-refractivity contribution is 5.65. The molecule has 0 saturated carbocycles. The first-order chi connectivity index (χ1) is 3.81. The van der Waals surface area contributed by atoms with Crippen LogP contribution in [0.3, 0.4) is 0 Å². The van der Waals surface area contributed by atoms with Gasteiger partial charge in [-0.25, -0.2) is 0 Å². The fraction of sp³-hybridized carbons (Fsp3) is 0.714. The lowest BCUT2D eigenvalue weighted by Gasteiger charge is -1.86. The van der Waals surface area contributed by atoms with Crippen molar-refractivity contribution in [1.29, 1.82) is 0 Å². The molecule has 0 spiro atoms. The summed E-state index contributed by atoms with van der Waals surface area (Å²) in [7, 11) is 0. The monoisotopic (exact) mass is 112 g/mol. The molecule has 0 aromatic rings. The van der Waals surface area contributed by atoms with Gasteiger partial charge < -0.3 is 0 Å². The predicted octanol–water partition coefficient (Wildman–Crippen LogP) is 1.26. The minimum Gasteiger partial charge on any atom is -0.111 e. The highest BCUT2D eigenvalue weighted by Crippen LogP contribution is 1.91. The van der Waals surface area contributed by atoms with Crippen molar-refractivity contribution in [2.45, 2.75) is 27.2 Å². The van der Waals surface area contributed by atoms with Gasteiger partial charge in [0.2, 0.25) is 0 Å². The van der Waals surface area contributed by atoms with Crippen LogP contribution in [0.25, 0.3) is 0 Å². The van der Waals surface area contributed by atoms with E-state index in [0.717, 1.165) is 0 Å². The summed E-state index contributed by atoms with van der Waals surface area (Å²) in [5, 5.41) is 0. The molecule has 1 heteroatoms. The third-order valence-corrected chi connectivity index (χ3v) is 1.13. The maximum absolute atomic E-state index is 3.99. The fourth-order valence-corrected chi connectivity index (χ4v) is 0.338. The van der Waals surface area contributed by atoms with Crippen LogP contribution in [0.1, 0.15) is 27.2 Å². The zero-order valence-electron chi connectivity index (χ0n) is 5.89. The Hall–Kier alpha value is -0.550. The Balaban J connectivity index is 3.52. The van der Waals surface area contributed by atoms with Gasteiger partial charge in [-0.05, 0) is 6.42 Å². The number of hydrogen-bond donors (Lipinski definition) is 0. The standard InChI is InChI=1S/C7H14N/c1-4-7(3)6-8-5-2/h5-7H,4H2,1-3H3/q+1. The summed E-state index contributed by atoms with van der Waals surface area (Å²) >= 11 is 0. The van der Waals surface area contributed by atoms with E-state index in [0.29, 0.717) is 5.92 Å². The first-order valence-corrected chi connectivity index (χ1v) is 3.12. The van der Waals surface area contributed by atoms with Crippen molar-refractivity contribution in [3.8, 4) is 0 Å².